The second kappa shape index (κ2) is 6.06. The summed E-state index contributed by atoms with van der Waals surface area (Å²) < 4.78 is 10.8. The summed E-state index contributed by atoms with van der Waals surface area (Å²) in [6.07, 6.45) is 0.739. The molecule has 0 saturated carbocycles. The van der Waals surface area contributed by atoms with Gasteiger partial charge in [0.05, 0.1) is 12.2 Å². The Balaban J connectivity index is 2.65. The van der Waals surface area contributed by atoms with E-state index < -0.39 is 0 Å². The summed E-state index contributed by atoms with van der Waals surface area (Å²) in [6.45, 7) is 6.30. The van der Waals surface area contributed by atoms with Gasteiger partial charge in [0.25, 0.3) is 0 Å². The topological polar surface area (TPSA) is 70.3 Å². The van der Waals surface area contributed by atoms with E-state index >= 15 is 0 Å². The molecule has 0 saturated heterocycles. The van der Waals surface area contributed by atoms with E-state index in [1.54, 1.807) is 13.2 Å². The molecule has 0 radical (unpaired) electrons. The third kappa shape index (κ3) is 4.54. The molecule has 0 bridgehead atoms. The molecular formula is C12H19N3O2S. The Morgan fingerprint density at radius 3 is 2.67 bits per heavy atom. The first-order valence-corrected chi connectivity index (χ1v) is 6.08. The van der Waals surface area contributed by atoms with Crippen LogP contribution in [0.25, 0.3) is 0 Å². The van der Waals surface area contributed by atoms with Gasteiger partial charge in [0.1, 0.15) is 10.7 Å². The maximum atomic E-state index is 5.54. The molecule has 2 N–H and O–H groups in total. The summed E-state index contributed by atoms with van der Waals surface area (Å²) in [4.78, 5) is 8.55. The number of ether oxygens (including phenoxy) is 2. The van der Waals surface area contributed by atoms with Gasteiger partial charge in [0.15, 0.2) is 0 Å². The molecular weight excluding hydrogens is 250 g/mol. The van der Waals surface area contributed by atoms with Crippen LogP contribution in [0, 0.1) is 6.92 Å². The van der Waals surface area contributed by atoms with Crippen molar-refractivity contribution in [1.29, 1.82) is 0 Å². The SMILES string of the molecule is COC(C)(C)CCOc1nc(C)cc(C(N)=S)n1. The van der Waals surface area contributed by atoms with Crippen molar-refractivity contribution < 1.29 is 9.47 Å². The van der Waals surface area contributed by atoms with Gasteiger partial charge in [-0.3, -0.25) is 0 Å². The van der Waals surface area contributed by atoms with Crippen LogP contribution in [-0.2, 0) is 4.74 Å². The lowest BCUT2D eigenvalue weighted by atomic mass is 10.1. The van der Waals surface area contributed by atoms with Crippen molar-refractivity contribution in [2.24, 2.45) is 5.73 Å². The molecule has 0 atom stereocenters. The summed E-state index contributed by atoms with van der Waals surface area (Å²) in [5, 5.41) is 0. The largest absolute Gasteiger partial charge is 0.463 e. The number of nitrogens with two attached hydrogens (primary N) is 1. The number of aryl methyl sites for hydroxylation is 1. The third-order valence-electron chi connectivity index (χ3n) is 2.57. The van der Waals surface area contributed by atoms with Crippen LogP contribution < -0.4 is 10.5 Å². The highest BCUT2D eigenvalue weighted by Gasteiger charge is 2.16. The Morgan fingerprint density at radius 2 is 2.11 bits per heavy atom. The third-order valence-corrected chi connectivity index (χ3v) is 2.78. The zero-order chi connectivity index (χ0) is 13.8. The van der Waals surface area contributed by atoms with Crippen LogP contribution in [0.15, 0.2) is 6.07 Å². The highest BCUT2D eigenvalue weighted by molar-refractivity contribution is 7.80. The lowest BCUT2D eigenvalue weighted by molar-refractivity contribution is 0.00465. The van der Waals surface area contributed by atoms with Gasteiger partial charge < -0.3 is 15.2 Å². The van der Waals surface area contributed by atoms with Crippen molar-refractivity contribution in [2.75, 3.05) is 13.7 Å². The number of hydrogen-bond acceptors (Lipinski definition) is 5. The minimum atomic E-state index is -0.226. The Labute approximate surface area is 113 Å². The highest BCUT2D eigenvalue weighted by Crippen LogP contribution is 2.14. The molecule has 0 spiro atoms. The number of nitrogens with zero attached hydrogens (tertiary/aromatic N) is 2. The van der Waals surface area contributed by atoms with E-state index in [1.807, 2.05) is 20.8 Å². The Bertz CT molecular complexity index is 435. The molecule has 100 valence electrons. The van der Waals surface area contributed by atoms with Gasteiger partial charge in [0.2, 0.25) is 0 Å². The fraction of sp³-hybridized carbons (Fsp3) is 0.583. The van der Waals surface area contributed by atoms with Crippen LogP contribution in [0.5, 0.6) is 6.01 Å². The quantitative estimate of drug-likeness (QED) is 0.791. The van der Waals surface area contributed by atoms with E-state index in [0.717, 1.165) is 12.1 Å². The minimum Gasteiger partial charge on any atom is -0.463 e. The first-order valence-electron chi connectivity index (χ1n) is 5.67. The van der Waals surface area contributed by atoms with E-state index in [-0.39, 0.29) is 10.6 Å². The fourth-order valence-electron chi connectivity index (χ4n) is 1.22. The van der Waals surface area contributed by atoms with Crippen molar-refractivity contribution in [2.45, 2.75) is 32.8 Å². The van der Waals surface area contributed by atoms with Crippen molar-refractivity contribution >= 4 is 17.2 Å². The Kier molecular flexibility index (Phi) is 4.98. The molecule has 5 nitrogen and oxygen atoms in total. The molecule has 6 heteroatoms. The molecule has 0 aliphatic carbocycles. The Morgan fingerprint density at radius 1 is 1.44 bits per heavy atom. The zero-order valence-corrected chi connectivity index (χ0v) is 12.0. The number of thiocarbonyl (C=S) groups is 1. The standard InChI is InChI=1S/C12H19N3O2S/c1-8-7-9(10(13)18)15-11(14-8)17-6-5-12(2,3)16-4/h7H,5-6H2,1-4H3,(H2,13,18). The molecule has 0 amide bonds. The molecule has 0 aliphatic rings. The summed E-state index contributed by atoms with van der Waals surface area (Å²) in [5.74, 6) is 0. The molecule has 1 heterocycles. The van der Waals surface area contributed by atoms with Crippen molar-refractivity contribution in [1.82, 2.24) is 9.97 Å². The second-order valence-electron chi connectivity index (χ2n) is 4.60. The average molecular weight is 269 g/mol. The lowest BCUT2D eigenvalue weighted by Gasteiger charge is -2.22. The van der Waals surface area contributed by atoms with Crippen molar-refractivity contribution in [3.63, 3.8) is 0 Å². The summed E-state index contributed by atoms with van der Waals surface area (Å²) in [6, 6.07) is 2.03. The van der Waals surface area contributed by atoms with Gasteiger partial charge in [-0.05, 0) is 26.8 Å². The van der Waals surface area contributed by atoms with Crippen molar-refractivity contribution in [3.8, 4) is 6.01 Å². The molecule has 1 rings (SSSR count). The average Bonchev–Trinajstić information content (AvgIpc) is 2.28. The molecule has 1 aromatic heterocycles. The molecule has 1 aromatic rings. The number of methoxy groups -OCH3 is 1. The van der Waals surface area contributed by atoms with Crippen LogP contribution >= 0.6 is 12.2 Å². The molecule has 0 fully saturated rings. The normalized spacial score (nSPS) is 11.3. The van der Waals surface area contributed by atoms with Crippen LogP contribution in [0.4, 0.5) is 0 Å². The summed E-state index contributed by atoms with van der Waals surface area (Å²) in [5.41, 5.74) is 6.61. The smallest absolute Gasteiger partial charge is 0.317 e. The van der Waals surface area contributed by atoms with Crippen molar-refractivity contribution in [3.05, 3.63) is 17.5 Å². The molecule has 18 heavy (non-hydrogen) atoms. The van der Waals surface area contributed by atoms with E-state index in [2.05, 4.69) is 9.97 Å². The Hall–Kier alpha value is -1.27. The van der Waals surface area contributed by atoms with Gasteiger partial charge in [0, 0.05) is 19.2 Å². The van der Waals surface area contributed by atoms with Crippen LogP contribution in [0.3, 0.4) is 0 Å². The minimum absolute atomic E-state index is 0.226. The molecule has 0 unspecified atom stereocenters. The van der Waals surface area contributed by atoms with Crippen LogP contribution in [0.2, 0.25) is 0 Å². The van der Waals surface area contributed by atoms with Gasteiger partial charge in [-0.2, -0.15) is 4.98 Å². The van der Waals surface area contributed by atoms with Gasteiger partial charge >= 0.3 is 6.01 Å². The molecule has 0 aromatic carbocycles. The highest BCUT2D eigenvalue weighted by atomic mass is 32.1. The van der Waals surface area contributed by atoms with Gasteiger partial charge in [-0.15, -0.1) is 0 Å². The van der Waals surface area contributed by atoms with Crippen LogP contribution in [-0.4, -0.2) is 34.3 Å². The van der Waals surface area contributed by atoms with Crippen LogP contribution in [0.1, 0.15) is 31.7 Å². The van der Waals surface area contributed by atoms with E-state index in [1.165, 1.54) is 0 Å². The number of hydrogen-bond donors (Lipinski definition) is 1. The lowest BCUT2D eigenvalue weighted by Crippen LogP contribution is -2.25. The fourth-order valence-corrected chi connectivity index (χ4v) is 1.33. The second-order valence-corrected chi connectivity index (χ2v) is 5.04. The van der Waals surface area contributed by atoms with Gasteiger partial charge in [-0.25, -0.2) is 4.98 Å². The predicted octanol–water partition coefficient (Wildman–Crippen LogP) is 1.61. The van der Waals surface area contributed by atoms with E-state index in [9.17, 15) is 0 Å². The zero-order valence-electron chi connectivity index (χ0n) is 11.2. The predicted molar refractivity (Wildman–Crippen MR) is 73.9 cm³/mol. The monoisotopic (exact) mass is 269 g/mol. The van der Waals surface area contributed by atoms with E-state index in [0.29, 0.717) is 18.3 Å². The number of aromatic nitrogens is 2. The first kappa shape index (κ1) is 14.8. The maximum absolute atomic E-state index is 5.54. The maximum Gasteiger partial charge on any atom is 0.317 e. The molecule has 0 aliphatic heterocycles. The first-order chi connectivity index (χ1) is 8.34. The van der Waals surface area contributed by atoms with E-state index in [4.69, 9.17) is 27.4 Å². The summed E-state index contributed by atoms with van der Waals surface area (Å²) >= 11 is 4.88. The number of rotatable bonds is 6. The summed E-state index contributed by atoms with van der Waals surface area (Å²) in [7, 11) is 1.67. The van der Waals surface area contributed by atoms with Gasteiger partial charge in [-0.1, -0.05) is 12.2 Å².